The minimum absolute atomic E-state index is 0.169. The number of carbonyl (C=O) groups is 1. The molecule has 7 heteroatoms. The Hall–Kier alpha value is -0.680. The first-order valence-corrected chi connectivity index (χ1v) is 8.62. The van der Waals surface area contributed by atoms with Gasteiger partial charge in [0.15, 0.2) is 0 Å². The van der Waals surface area contributed by atoms with Crippen molar-refractivity contribution in [2.75, 3.05) is 0 Å². The van der Waals surface area contributed by atoms with Crippen molar-refractivity contribution in [3.05, 3.63) is 47.2 Å². The molecule has 1 aromatic heterocycles. The summed E-state index contributed by atoms with van der Waals surface area (Å²) in [6.45, 7) is 0. The first-order chi connectivity index (χ1) is 9.56. The summed E-state index contributed by atoms with van der Waals surface area (Å²) in [6, 6.07) is 7.47. The third kappa shape index (κ3) is 4.42. The van der Waals surface area contributed by atoms with Gasteiger partial charge in [-0.2, -0.15) is 5.10 Å². The van der Waals surface area contributed by atoms with Crippen LogP contribution in [0.4, 0.5) is 0 Å². The summed E-state index contributed by atoms with van der Waals surface area (Å²) >= 11 is 5.75. The van der Waals surface area contributed by atoms with Crippen LogP contribution in [-0.2, 0) is 11.2 Å². The topological polar surface area (TPSA) is 61.7 Å². The van der Waals surface area contributed by atoms with Crippen LogP contribution in [0.25, 0.3) is 0 Å². The maximum absolute atomic E-state index is 11.6. The third-order valence-electron chi connectivity index (χ3n) is 2.37. The zero-order valence-electron chi connectivity index (χ0n) is 10.1. The van der Waals surface area contributed by atoms with Gasteiger partial charge in [0.2, 0.25) is 5.91 Å². The van der Waals surface area contributed by atoms with E-state index in [1.54, 1.807) is 6.07 Å². The second-order valence-corrected chi connectivity index (χ2v) is 7.31. The third-order valence-corrected chi connectivity index (χ3v) is 4.69. The monoisotopic (exact) mass is 512 g/mol. The van der Waals surface area contributed by atoms with Crippen LogP contribution in [0.5, 0.6) is 5.75 Å². The molecule has 0 aliphatic carbocycles. The highest BCUT2D eigenvalue weighted by molar-refractivity contribution is 14.1. The summed E-state index contributed by atoms with van der Waals surface area (Å²) in [5, 5.41) is 15.7. The SMILES string of the molecule is O=C(Cc1cccs1)NN=Cc1cc(I)cc(I)c1O. The summed E-state index contributed by atoms with van der Waals surface area (Å²) in [5.41, 5.74) is 3.04. The van der Waals surface area contributed by atoms with Crippen LogP contribution in [0.15, 0.2) is 34.7 Å². The van der Waals surface area contributed by atoms with E-state index in [1.807, 2.05) is 23.6 Å². The van der Waals surface area contributed by atoms with Crippen LogP contribution in [0, 0.1) is 7.14 Å². The molecule has 2 aromatic rings. The van der Waals surface area contributed by atoms with Gasteiger partial charge in [-0.05, 0) is 68.8 Å². The molecule has 20 heavy (non-hydrogen) atoms. The number of phenolic OH excluding ortho intramolecular Hbond substituents is 1. The predicted octanol–water partition coefficient (Wildman–Crippen LogP) is 3.36. The lowest BCUT2D eigenvalue weighted by atomic mass is 10.2. The van der Waals surface area contributed by atoms with Crippen molar-refractivity contribution < 1.29 is 9.90 Å². The molecule has 0 fully saturated rings. The number of benzene rings is 1. The van der Waals surface area contributed by atoms with E-state index in [2.05, 4.69) is 55.7 Å². The van der Waals surface area contributed by atoms with Crippen molar-refractivity contribution >= 4 is 68.6 Å². The molecule has 0 bridgehead atoms. The fourth-order valence-electron chi connectivity index (χ4n) is 1.47. The van der Waals surface area contributed by atoms with E-state index < -0.39 is 0 Å². The molecule has 0 saturated carbocycles. The lowest BCUT2D eigenvalue weighted by Gasteiger charge is -2.03. The second kappa shape index (κ2) is 7.36. The molecule has 1 heterocycles. The number of phenols is 1. The number of hydrogen-bond acceptors (Lipinski definition) is 4. The smallest absolute Gasteiger partial charge is 0.245 e. The van der Waals surface area contributed by atoms with Crippen LogP contribution < -0.4 is 5.43 Å². The molecule has 2 N–H and O–H groups in total. The Balaban J connectivity index is 1.98. The molecule has 0 aliphatic rings. The van der Waals surface area contributed by atoms with E-state index in [9.17, 15) is 9.90 Å². The van der Waals surface area contributed by atoms with Crippen molar-refractivity contribution in [1.29, 1.82) is 0 Å². The fraction of sp³-hybridized carbons (Fsp3) is 0.0769. The van der Waals surface area contributed by atoms with Gasteiger partial charge in [0.05, 0.1) is 16.2 Å². The summed E-state index contributed by atoms with van der Waals surface area (Å²) in [4.78, 5) is 12.6. The summed E-state index contributed by atoms with van der Waals surface area (Å²) in [5.74, 6) is -0.00853. The number of rotatable bonds is 4. The van der Waals surface area contributed by atoms with E-state index in [0.29, 0.717) is 12.0 Å². The average Bonchev–Trinajstić information content (AvgIpc) is 2.87. The summed E-state index contributed by atoms with van der Waals surface area (Å²) < 4.78 is 1.75. The van der Waals surface area contributed by atoms with E-state index >= 15 is 0 Å². The van der Waals surface area contributed by atoms with Crippen molar-refractivity contribution in [1.82, 2.24) is 5.43 Å². The normalized spacial score (nSPS) is 10.9. The lowest BCUT2D eigenvalue weighted by molar-refractivity contribution is -0.120. The highest BCUT2D eigenvalue weighted by Crippen LogP contribution is 2.25. The van der Waals surface area contributed by atoms with E-state index in [4.69, 9.17) is 0 Å². The van der Waals surface area contributed by atoms with Crippen LogP contribution in [0.2, 0.25) is 0 Å². The number of nitrogens with zero attached hydrogens (tertiary/aromatic N) is 1. The standard InChI is InChI=1S/C13H10I2N2O2S/c14-9-4-8(13(19)11(15)5-9)7-16-17-12(18)6-10-2-1-3-20-10/h1-5,7,19H,6H2,(H,17,18). The molecule has 4 nitrogen and oxygen atoms in total. The van der Waals surface area contributed by atoms with Crippen molar-refractivity contribution in [2.45, 2.75) is 6.42 Å². The molecule has 104 valence electrons. The highest BCUT2D eigenvalue weighted by atomic mass is 127. The number of halogens is 2. The van der Waals surface area contributed by atoms with Gasteiger partial charge in [-0.15, -0.1) is 11.3 Å². The molecule has 2 rings (SSSR count). The zero-order chi connectivity index (χ0) is 14.5. The number of hydrogen-bond donors (Lipinski definition) is 2. The Bertz CT molecular complexity index is 642. The number of amides is 1. The molecule has 1 aromatic carbocycles. The van der Waals surface area contributed by atoms with Gasteiger partial charge < -0.3 is 5.11 Å². The molecule has 0 atom stereocenters. The first kappa shape index (κ1) is 15.7. The van der Waals surface area contributed by atoms with E-state index in [-0.39, 0.29) is 11.7 Å². The van der Waals surface area contributed by atoms with Crippen LogP contribution >= 0.6 is 56.5 Å². The molecule has 0 saturated heterocycles. The molecular weight excluding hydrogens is 502 g/mol. The fourth-order valence-corrected chi connectivity index (χ4v) is 4.06. The van der Waals surface area contributed by atoms with Crippen molar-refractivity contribution in [3.63, 3.8) is 0 Å². The maximum atomic E-state index is 11.6. The number of aromatic hydroxyl groups is 1. The summed E-state index contributed by atoms with van der Waals surface area (Å²) in [7, 11) is 0. The van der Waals surface area contributed by atoms with Gasteiger partial charge >= 0.3 is 0 Å². The van der Waals surface area contributed by atoms with Gasteiger partial charge in [0.1, 0.15) is 5.75 Å². The van der Waals surface area contributed by atoms with Crippen LogP contribution in [0.1, 0.15) is 10.4 Å². The maximum Gasteiger partial charge on any atom is 0.245 e. The molecule has 0 unspecified atom stereocenters. The second-order valence-electron chi connectivity index (χ2n) is 3.87. The Morgan fingerprint density at radius 1 is 1.45 bits per heavy atom. The number of carbonyl (C=O) groups excluding carboxylic acids is 1. The minimum atomic E-state index is -0.177. The van der Waals surface area contributed by atoms with E-state index in [0.717, 1.165) is 12.0 Å². The van der Waals surface area contributed by atoms with Crippen molar-refractivity contribution in [3.8, 4) is 5.75 Å². The van der Waals surface area contributed by atoms with Crippen LogP contribution in [-0.4, -0.2) is 17.2 Å². The number of hydrazone groups is 1. The minimum Gasteiger partial charge on any atom is -0.506 e. The Morgan fingerprint density at radius 2 is 2.25 bits per heavy atom. The van der Waals surface area contributed by atoms with E-state index in [1.165, 1.54) is 17.6 Å². The quantitative estimate of drug-likeness (QED) is 0.375. The summed E-state index contributed by atoms with van der Waals surface area (Å²) in [6.07, 6.45) is 1.76. The predicted molar refractivity (Wildman–Crippen MR) is 97.3 cm³/mol. The number of thiophene rings is 1. The Labute approximate surface area is 147 Å². The first-order valence-electron chi connectivity index (χ1n) is 5.58. The molecule has 0 aliphatic heterocycles. The Kier molecular flexibility index (Phi) is 5.78. The zero-order valence-corrected chi connectivity index (χ0v) is 15.3. The Morgan fingerprint density at radius 3 is 2.95 bits per heavy atom. The largest absolute Gasteiger partial charge is 0.506 e. The highest BCUT2D eigenvalue weighted by Gasteiger charge is 2.06. The molecule has 0 radical (unpaired) electrons. The average molecular weight is 512 g/mol. The molecular formula is C13H10I2N2O2S. The van der Waals surface area contributed by atoms with Crippen LogP contribution in [0.3, 0.4) is 0 Å². The van der Waals surface area contributed by atoms with Gasteiger partial charge in [-0.3, -0.25) is 4.79 Å². The van der Waals surface area contributed by atoms with Crippen molar-refractivity contribution in [2.24, 2.45) is 5.10 Å². The lowest BCUT2D eigenvalue weighted by Crippen LogP contribution is -2.19. The van der Waals surface area contributed by atoms with Gasteiger partial charge in [0, 0.05) is 14.0 Å². The molecule has 0 spiro atoms. The van der Waals surface area contributed by atoms with Gasteiger partial charge in [-0.25, -0.2) is 5.43 Å². The van der Waals surface area contributed by atoms with Gasteiger partial charge in [0.25, 0.3) is 0 Å². The molecule has 1 amide bonds. The van der Waals surface area contributed by atoms with Gasteiger partial charge in [-0.1, -0.05) is 6.07 Å². The number of nitrogens with one attached hydrogen (secondary N) is 1.